The molecule has 0 unspecified atom stereocenters. The standard InChI is InChI=1S/C9H16O6S/c1-5-6(2)9(12-3)14-7-4-13-16(10,11)15-8(5)7/h5-9H,4H2,1-3H3/t5-,6-,7-,8+,9+/m1/s1. The molecular formula is C9H16O6S. The smallest absolute Gasteiger partial charge is 0.356 e. The molecule has 2 saturated heterocycles. The first-order chi connectivity index (χ1) is 7.44. The van der Waals surface area contributed by atoms with Crippen LogP contribution in [0.5, 0.6) is 0 Å². The fourth-order valence-corrected chi connectivity index (χ4v) is 3.06. The van der Waals surface area contributed by atoms with Crippen LogP contribution >= 0.6 is 0 Å². The van der Waals surface area contributed by atoms with E-state index in [1.54, 1.807) is 7.11 Å². The van der Waals surface area contributed by atoms with Crippen molar-refractivity contribution in [3.8, 4) is 0 Å². The molecule has 0 aromatic carbocycles. The second kappa shape index (κ2) is 4.23. The number of hydrogen-bond acceptors (Lipinski definition) is 6. The minimum atomic E-state index is -3.85. The lowest BCUT2D eigenvalue weighted by Gasteiger charge is -2.44. The first-order valence-electron chi connectivity index (χ1n) is 5.20. The van der Waals surface area contributed by atoms with Crippen LogP contribution in [0.2, 0.25) is 0 Å². The number of ether oxygens (including phenoxy) is 2. The summed E-state index contributed by atoms with van der Waals surface area (Å²) in [6, 6.07) is 0. The van der Waals surface area contributed by atoms with E-state index in [-0.39, 0.29) is 30.8 Å². The highest BCUT2D eigenvalue weighted by molar-refractivity contribution is 7.81. The SMILES string of the molecule is CO[C@H]1O[C@@H]2COS(=O)(=O)O[C@H]2[C@H](C)[C@H]1C. The molecule has 0 amide bonds. The van der Waals surface area contributed by atoms with Crippen molar-refractivity contribution in [1.29, 1.82) is 0 Å². The molecule has 7 heteroatoms. The van der Waals surface area contributed by atoms with Crippen LogP contribution in [0.25, 0.3) is 0 Å². The van der Waals surface area contributed by atoms with Gasteiger partial charge in [0, 0.05) is 13.0 Å². The molecule has 6 nitrogen and oxygen atoms in total. The van der Waals surface area contributed by atoms with Crippen LogP contribution < -0.4 is 0 Å². The van der Waals surface area contributed by atoms with Crippen molar-refractivity contribution >= 4 is 10.4 Å². The van der Waals surface area contributed by atoms with Gasteiger partial charge in [0.2, 0.25) is 0 Å². The van der Waals surface area contributed by atoms with Gasteiger partial charge in [-0.1, -0.05) is 13.8 Å². The zero-order valence-corrected chi connectivity index (χ0v) is 10.3. The molecule has 0 spiro atoms. The van der Waals surface area contributed by atoms with Crippen molar-refractivity contribution < 1.29 is 26.3 Å². The molecule has 16 heavy (non-hydrogen) atoms. The van der Waals surface area contributed by atoms with Crippen molar-refractivity contribution in [1.82, 2.24) is 0 Å². The Bertz CT molecular complexity index is 351. The molecule has 2 rings (SSSR count). The Balaban J connectivity index is 2.17. The molecular weight excluding hydrogens is 236 g/mol. The summed E-state index contributed by atoms with van der Waals surface area (Å²) < 4.78 is 42.6. The Hall–Kier alpha value is -0.210. The molecule has 0 radical (unpaired) electrons. The van der Waals surface area contributed by atoms with Gasteiger partial charge in [-0.2, -0.15) is 8.42 Å². The lowest BCUT2D eigenvalue weighted by molar-refractivity contribution is -0.261. The summed E-state index contributed by atoms with van der Waals surface area (Å²) in [6.45, 7) is 3.86. The summed E-state index contributed by atoms with van der Waals surface area (Å²) in [4.78, 5) is 0. The second-order valence-corrected chi connectivity index (χ2v) is 5.50. The van der Waals surface area contributed by atoms with E-state index in [0.717, 1.165) is 0 Å². The van der Waals surface area contributed by atoms with Gasteiger partial charge in [-0.15, -0.1) is 0 Å². The van der Waals surface area contributed by atoms with E-state index in [1.807, 2.05) is 13.8 Å². The maximum atomic E-state index is 11.2. The van der Waals surface area contributed by atoms with E-state index in [2.05, 4.69) is 4.18 Å². The topological polar surface area (TPSA) is 71.1 Å². The molecule has 0 aromatic rings. The Labute approximate surface area is 95.1 Å². The van der Waals surface area contributed by atoms with E-state index in [0.29, 0.717) is 0 Å². The predicted molar refractivity (Wildman–Crippen MR) is 53.7 cm³/mol. The molecule has 2 aliphatic heterocycles. The normalized spacial score (nSPS) is 47.3. The average molecular weight is 252 g/mol. The van der Waals surface area contributed by atoms with E-state index in [4.69, 9.17) is 13.7 Å². The maximum Gasteiger partial charge on any atom is 0.400 e. The van der Waals surface area contributed by atoms with Gasteiger partial charge in [0.15, 0.2) is 6.29 Å². The second-order valence-electron chi connectivity index (χ2n) is 4.25. The molecule has 0 aromatic heterocycles. The Morgan fingerprint density at radius 1 is 1.25 bits per heavy atom. The first kappa shape index (κ1) is 12.3. The fraction of sp³-hybridized carbons (Fsp3) is 1.00. The van der Waals surface area contributed by atoms with E-state index < -0.39 is 16.5 Å². The van der Waals surface area contributed by atoms with Crippen LogP contribution in [-0.4, -0.2) is 40.6 Å². The zero-order chi connectivity index (χ0) is 11.9. The summed E-state index contributed by atoms with van der Waals surface area (Å²) in [7, 11) is -2.29. The number of methoxy groups -OCH3 is 1. The fourth-order valence-electron chi connectivity index (χ4n) is 2.13. The number of fused-ring (bicyclic) bond motifs is 1. The summed E-state index contributed by atoms with van der Waals surface area (Å²) in [5, 5.41) is 0. The molecule has 2 heterocycles. The molecule has 5 atom stereocenters. The molecule has 94 valence electrons. The lowest BCUT2D eigenvalue weighted by atomic mass is 9.85. The van der Waals surface area contributed by atoms with Gasteiger partial charge >= 0.3 is 10.4 Å². The quantitative estimate of drug-likeness (QED) is 0.668. The Morgan fingerprint density at radius 2 is 1.94 bits per heavy atom. The van der Waals surface area contributed by atoms with Crippen LogP contribution in [0.3, 0.4) is 0 Å². The lowest BCUT2D eigenvalue weighted by Crippen LogP contribution is -2.55. The van der Waals surface area contributed by atoms with Gasteiger partial charge in [0.25, 0.3) is 0 Å². The average Bonchev–Trinajstić information content (AvgIpc) is 2.23. The molecule has 2 aliphatic rings. The Morgan fingerprint density at radius 3 is 2.56 bits per heavy atom. The highest BCUT2D eigenvalue weighted by Crippen LogP contribution is 2.36. The largest absolute Gasteiger partial charge is 0.400 e. The highest BCUT2D eigenvalue weighted by Gasteiger charge is 2.47. The van der Waals surface area contributed by atoms with Gasteiger partial charge in [-0.25, -0.2) is 8.37 Å². The van der Waals surface area contributed by atoms with Crippen LogP contribution in [0.15, 0.2) is 0 Å². The third kappa shape index (κ3) is 2.10. The van der Waals surface area contributed by atoms with Crippen molar-refractivity contribution in [2.75, 3.05) is 13.7 Å². The molecule has 0 saturated carbocycles. The number of rotatable bonds is 1. The van der Waals surface area contributed by atoms with Gasteiger partial charge in [-0.3, -0.25) is 0 Å². The molecule has 0 bridgehead atoms. The summed E-state index contributed by atoms with van der Waals surface area (Å²) in [5.41, 5.74) is 0. The van der Waals surface area contributed by atoms with Crippen LogP contribution in [-0.2, 0) is 28.2 Å². The first-order valence-corrected chi connectivity index (χ1v) is 6.54. The molecule has 0 N–H and O–H groups in total. The van der Waals surface area contributed by atoms with Crippen LogP contribution in [0.1, 0.15) is 13.8 Å². The summed E-state index contributed by atoms with van der Waals surface area (Å²) in [6.07, 6.45) is -1.22. The summed E-state index contributed by atoms with van der Waals surface area (Å²) in [5.74, 6) is 0.0990. The van der Waals surface area contributed by atoms with E-state index in [9.17, 15) is 8.42 Å². The number of hydrogen-bond donors (Lipinski definition) is 0. The zero-order valence-electron chi connectivity index (χ0n) is 9.45. The van der Waals surface area contributed by atoms with E-state index >= 15 is 0 Å². The van der Waals surface area contributed by atoms with Crippen molar-refractivity contribution in [3.63, 3.8) is 0 Å². The maximum absolute atomic E-state index is 11.2. The third-order valence-electron chi connectivity index (χ3n) is 3.29. The molecule has 0 aliphatic carbocycles. The van der Waals surface area contributed by atoms with Gasteiger partial charge in [0.1, 0.15) is 12.2 Å². The predicted octanol–water partition coefficient (Wildman–Crippen LogP) is 0.290. The van der Waals surface area contributed by atoms with Gasteiger partial charge in [-0.05, 0) is 5.92 Å². The Kier molecular flexibility index (Phi) is 3.24. The van der Waals surface area contributed by atoms with Gasteiger partial charge in [0.05, 0.1) is 6.61 Å². The third-order valence-corrected chi connectivity index (χ3v) is 4.17. The van der Waals surface area contributed by atoms with Crippen molar-refractivity contribution in [3.05, 3.63) is 0 Å². The van der Waals surface area contributed by atoms with Crippen molar-refractivity contribution in [2.24, 2.45) is 11.8 Å². The van der Waals surface area contributed by atoms with Crippen LogP contribution in [0, 0.1) is 11.8 Å². The van der Waals surface area contributed by atoms with Crippen molar-refractivity contribution in [2.45, 2.75) is 32.3 Å². The van der Waals surface area contributed by atoms with Gasteiger partial charge < -0.3 is 9.47 Å². The minimum absolute atomic E-state index is 0.01000. The van der Waals surface area contributed by atoms with E-state index in [1.165, 1.54) is 0 Å². The highest BCUT2D eigenvalue weighted by atomic mass is 32.3. The molecule has 2 fully saturated rings. The summed E-state index contributed by atoms with van der Waals surface area (Å²) >= 11 is 0. The van der Waals surface area contributed by atoms with Crippen LogP contribution in [0.4, 0.5) is 0 Å². The minimum Gasteiger partial charge on any atom is -0.356 e. The monoisotopic (exact) mass is 252 g/mol.